The highest BCUT2D eigenvalue weighted by Gasteiger charge is 2.43. The molecule has 168 valence electrons. The predicted molar refractivity (Wildman–Crippen MR) is 120 cm³/mol. The molecule has 0 bridgehead atoms. The molecule has 0 radical (unpaired) electrons. The van der Waals surface area contributed by atoms with E-state index in [9.17, 15) is 12.8 Å². The molecule has 0 amide bonds. The van der Waals surface area contributed by atoms with Crippen molar-refractivity contribution in [2.45, 2.75) is 24.4 Å². The van der Waals surface area contributed by atoms with E-state index in [2.05, 4.69) is 4.72 Å². The summed E-state index contributed by atoms with van der Waals surface area (Å²) >= 11 is 0. The Bertz CT molecular complexity index is 1140. The molecule has 1 N–H and O–H groups in total. The highest BCUT2D eigenvalue weighted by atomic mass is 32.2. The van der Waals surface area contributed by atoms with E-state index in [-0.39, 0.29) is 13.2 Å². The summed E-state index contributed by atoms with van der Waals surface area (Å²) in [5, 5.41) is 0.711. The fourth-order valence-electron chi connectivity index (χ4n) is 3.71. The van der Waals surface area contributed by atoms with Crippen LogP contribution in [0.4, 0.5) is 4.39 Å². The molecule has 1 saturated heterocycles. The first-order chi connectivity index (χ1) is 15.4. The van der Waals surface area contributed by atoms with E-state index in [4.69, 9.17) is 9.57 Å². The van der Waals surface area contributed by atoms with Crippen molar-refractivity contribution in [3.63, 3.8) is 0 Å². The number of halogens is 1. The van der Waals surface area contributed by atoms with Gasteiger partial charge < -0.3 is 4.74 Å². The molecule has 0 aliphatic carbocycles. The summed E-state index contributed by atoms with van der Waals surface area (Å²) in [5.41, 5.74) is 2.14. The molecule has 8 heteroatoms. The number of hydrogen-bond acceptors (Lipinski definition) is 5. The van der Waals surface area contributed by atoms with Crippen LogP contribution in [0.5, 0.6) is 5.75 Å². The van der Waals surface area contributed by atoms with Gasteiger partial charge in [0.05, 0.1) is 12.6 Å². The summed E-state index contributed by atoms with van der Waals surface area (Å²) in [6, 6.07) is 22.8. The first kappa shape index (κ1) is 22.4. The third kappa shape index (κ3) is 5.16. The van der Waals surface area contributed by atoms with Crippen LogP contribution in [0.1, 0.15) is 22.7 Å². The van der Waals surface area contributed by atoms with Crippen LogP contribution < -0.4 is 9.46 Å². The van der Waals surface area contributed by atoms with Crippen molar-refractivity contribution >= 4 is 10.0 Å². The second-order valence-electron chi connectivity index (χ2n) is 7.63. The Morgan fingerprint density at radius 1 is 1.03 bits per heavy atom. The van der Waals surface area contributed by atoms with Crippen molar-refractivity contribution in [3.05, 3.63) is 101 Å². The van der Waals surface area contributed by atoms with Gasteiger partial charge in [-0.3, -0.25) is 4.84 Å². The maximum Gasteiger partial charge on any atom is 0.219 e. The lowest BCUT2D eigenvalue weighted by Crippen LogP contribution is -2.39. The maximum absolute atomic E-state index is 13.9. The van der Waals surface area contributed by atoms with Gasteiger partial charge in [-0.1, -0.05) is 60.7 Å². The molecular formula is C24H25FN2O4S. The van der Waals surface area contributed by atoms with Gasteiger partial charge in [-0.15, -0.1) is 0 Å². The first-order valence-electron chi connectivity index (χ1n) is 10.3. The van der Waals surface area contributed by atoms with Crippen molar-refractivity contribution in [2.75, 3.05) is 13.7 Å². The van der Waals surface area contributed by atoms with Gasteiger partial charge in [0.1, 0.15) is 23.4 Å². The summed E-state index contributed by atoms with van der Waals surface area (Å²) in [5.74, 6) is 0.244. The van der Waals surface area contributed by atoms with Gasteiger partial charge >= 0.3 is 0 Å². The number of nitrogens with one attached hydrogen (secondary N) is 1. The van der Waals surface area contributed by atoms with Crippen LogP contribution in [0.2, 0.25) is 0 Å². The fraction of sp³-hybridized carbons (Fsp3) is 0.250. The molecule has 3 aromatic carbocycles. The van der Waals surface area contributed by atoms with Crippen LogP contribution in [0.25, 0.3) is 0 Å². The van der Waals surface area contributed by atoms with Gasteiger partial charge in [0.15, 0.2) is 0 Å². The maximum atomic E-state index is 13.9. The van der Waals surface area contributed by atoms with Crippen molar-refractivity contribution in [2.24, 2.45) is 0 Å². The normalized spacial score (nSPS) is 19.2. The molecule has 4 rings (SSSR count). The molecular weight excluding hydrogens is 431 g/mol. The Balaban J connectivity index is 1.45. The predicted octanol–water partition coefficient (Wildman–Crippen LogP) is 3.81. The van der Waals surface area contributed by atoms with Crippen molar-refractivity contribution in [3.8, 4) is 5.75 Å². The van der Waals surface area contributed by atoms with Crippen molar-refractivity contribution in [1.82, 2.24) is 9.79 Å². The van der Waals surface area contributed by atoms with Gasteiger partial charge in [-0.25, -0.2) is 17.5 Å². The molecule has 3 aromatic rings. The standard InChI is InChI=1S/C24H25FN2O4S/c1-27-24(19-11-13-21(14-12-19)30-16-18-7-3-2-4-8-18)23(17-31-27)32(28,29)26-15-20-9-5-6-10-22(20)25/h2-14,23-24,26H,15-17H2,1H3/t23-,24-/m1/s1. The zero-order valence-corrected chi connectivity index (χ0v) is 18.5. The Hall–Kier alpha value is -2.78. The van der Waals surface area contributed by atoms with Crippen LogP contribution in [0.3, 0.4) is 0 Å². The summed E-state index contributed by atoms with van der Waals surface area (Å²) in [6.45, 7) is 0.345. The smallest absolute Gasteiger partial charge is 0.219 e. The molecule has 1 aliphatic rings. The Kier molecular flexibility index (Phi) is 6.86. The lowest BCUT2D eigenvalue weighted by Gasteiger charge is -2.23. The summed E-state index contributed by atoms with van der Waals surface area (Å²) in [6.07, 6.45) is 0. The molecule has 6 nitrogen and oxygen atoms in total. The number of nitrogens with zero attached hydrogens (tertiary/aromatic N) is 1. The van der Waals surface area contributed by atoms with Gasteiger partial charge in [-0.2, -0.15) is 5.06 Å². The van der Waals surface area contributed by atoms with Crippen LogP contribution in [-0.4, -0.2) is 32.4 Å². The molecule has 1 aliphatic heterocycles. The van der Waals surface area contributed by atoms with Crippen LogP contribution >= 0.6 is 0 Å². The summed E-state index contributed by atoms with van der Waals surface area (Å²) in [4.78, 5) is 5.54. The number of hydrogen-bond donors (Lipinski definition) is 1. The van der Waals surface area contributed by atoms with E-state index in [1.54, 1.807) is 30.3 Å². The van der Waals surface area contributed by atoms with E-state index >= 15 is 0 Å². The zero-order chi connectivity index (χ0) is 22.6. The summed E-state index contributed by atoms with van der Waals surface area (Å²) < 4.78 is 48.2. The van der Waals surface area contributed by atoms with Crippen LogP contribution in [0.15, 0.2) is 78.9 Å². The van der Waals surface area contributed by atoms with Gasteiger partial charge in [0.2, 0.25) is 10.0 Å². The largest absolute Gasteiger partial charge is 0.489 e. The minimum absolute atomic E-state index is 0.0139. The molecule has 0 unspecified atom stereocenters. The Labute approximate surface area is 187 Å². The molecule has 32 heavy (non-hydrogen) atoms. The quantitative estimate of drug-likeness (QED) is 0.558. The average molecular weight is 457 g/mol. The molecule has 1 heterocycles. The van der Waals surface area contributed by atoms with Crippen molar-refractivity contribution < 1.29 is 22.4 Å². The zero-order valence-electron chi connectivity index (χ0n) is 17.6. The Morgan fingerprint density at radius 2 is 1.72 bits per heavy atom. The van der Waals surface area contributed by atoms with Crippen LogP contribution in [0, 0.1) is 5.82 Å². The number of ether oxygens (including phenoxy) is 1. The topological polar surface area (TPSA) is 67.9 Å². The average Bonchev–Trinajstić information content (AvgIpc) is 3.20. The van der Waals surface area contributed by atoms with Gasteiger partial charge in [0, 0.05) is 19.2 Å². The molecule has 0 aromatic heterocycles. The minimum Gasteiger partial charge on any atom is -0.489 e. The first-order valence-corrected chi connectivity index (χ1v) is 11.8. The SMILES string of the molecule is CN1OC[C@@H](S(=O)(=O)NCc2ccccc2F)[C@H]1c1ccc(OCc2ccccc2)cc1. The highest BCUT2D eigenvalue weighted by molar-refractivity contribution is 7.90. The van der Waals surface area contributed by atoms with E-state index in [1.165, 1.54) is 6.07 Å². The molecule has 0 saturated carbocycles. The second-order valence-corrected chi connectivity index (χ2v) is 9.61. The van der Waals surface area contributed by atoms with E-state index in [0.29, 0.717) is 17.9 Å². The van der Waals surface area contributed by atoms with E-state index in [0.717, 1.165) is 11.1 Å². The summed E-state index contributed by atoms with van der Waals surface area (Å²) in [7, 11) is -2.07. The lowest BCUT2D eigenvalue weighted by molar-refractivity contribution is -0.110. The van der Waals surface area contributed by atoms with Gasteiger partial charge in [0.25, 0.3) is 0 Å². The number of hydroxylamine groups is 2. The third-order valence-corrected chi connectivity index (χ3v) is 7.21. The van der Waals surface area contributed by atoms with Crippen molar-refractivity contribution in [1.29, 1.82) is 0 Å². The number of rotatable bonds is 8. The number of sulfonamides is 1. The Morgan fingerprint density at radius 3 is 2.44 bits per heavy atom. The monoisotopic (exact) mass is 456 g/mol. The number of benzene rings is 3. The fourth-order valence-corrected chi connectivity index (χ4v) is 5.19. The molecule has 2 atom stereocenters. The third-order valence-electron chi connectivity index (χ3n) is 5.48. The molecule has 1 fully saturated rings. The highest BCUT2D eigenvalue weighted by Crippen LogP contribution is 2.34. The lowest BCUT2D eigenvalue weighted by atomic mass is 10.0. The van der Waals surface area contributed by atoms with E-state index < -0.39 is 27.1 Å². The van der Waals surface area contributed by atoms with E-state index in [1.807, 2.05) is 54.6 Å². The van der Waals surface area contributed by atoms with Crippen LogP contribution in [-0.2, 0) is 28.0 Å². The minimum atomic E-state index is -3.78. The molecule has 0 spiro atoms. The second kappa shape index (κ2) is 9.79. The van der Waals surface area contributed by atoms with Gasteiger partial charge in [-0.05, 0) is 29.3 Å².